The number of nitro groups is 1. The van der Waals surface area contributed by atoms with Gasteiger partial charge in [0.2, 0.25) is 0 Å². The lowest BCUT2D eigenvalue weighted by atomic mass is 10.2. The third-order valence-electron chi connectivity index (χ3n) is 3.86. The number of benzene rings is 2. The Hall–Kier alpha value is -3.68. The van der Waals surface area contributed by atoms with Crippen LogP contribution >= 0.6 is 0 Å². The number of nitrogens with one attached hydrogen (secondary N) is 1. The summed E-state index contributed by atoms with van der Waals surface area (Å²) in [6, 6.07) is 11.5. The topological polar surface area (TPSA) is 99.3 Å². The van der Waals surface area contributed by atoms with E-state index in [1.165, 1.54) is 23.0 Å². The Morgan fingerprint density at radius 3 is 2.67 bits per heavy atom. The lowest BCUT2D eigenvalue weighted by molar-refractivity contribution is -0.384. The van der Waals surface area contributed by atoms with Crippen molar-refractivity contribution in [1.29, 1.82) is 0 Å². The van der Waals surface area contributed by atoms with Crippen molar-refractivity contribution in [2.75, 3.05) is 11.9 Å². The number of non-ortho nitro benzene ring substituents is 1. The summed E-state index contributed by atoms with van der Waals surface area (Å²) < 4.78 is 7.05. The SMILES string of the molecule is CCOc1cc(C)ccc1NC(=O)c1cnn(-c2ccc([N+](=O)[O-])cc2)c1. The molecule has 0 bridgehead atoms. The highest BCUT2D eigenvalue weighted by molar-refractivity contribution is 6.04. The van der Waals surface area contributed by atoms with E-state index >= 15 is 0 Å². The zero-order valence-electron chi connectivity index (χ0n) is 14.9. The van der Waals surface area contributed by atoms with E-state index in [2.05, 4.69) is 10.4 Å². The van der Waals surface area contributed by atoms with Gasteiger partial charge in [-0.05, 0) is 43.7 Å². The van der Waals surface area contributed by atoms with Gasteiger partial charge in [-0.2, -0.15) is 5.10 Å². The molecule has 0 atom stereocenters. The second-order valence-electron chi connectivity index (χ2n) is 5.83. The van der Waals surface area contributed by atoms with Gasteiger partial charge >= 0.3 is 0 Å². The lowest BCUT2D eigenvalue weighted by Crippen LogP contribution is -2.12. The van der Waals surface area contributed by atoms with E-state index in [0.29, 0.717) is 29.3 Å². The van der Waals surface area contributed by atoms with Crippen LogP contribution in [0.5, 0.6) is 5.75 Å². The van der Waals surface area contributed by atoms with Crippen molar-refractivity contribution in [2.24, 2.45) is 0 Å². The van der Waals surface area contributed by atoms with Gasteiger partial charge in [0.1, 0.15) is 5.75 Å². The first-order valence-corrected chi connectivity index (χ1v) is 8.32. The molecular weight excluding hydrogens is 348 g/mol. The van der Waals surface area contributed by atoms with Gasteiger partial charge < -0.3 is 10.1 Å². The van der Waals surface area contributed by atoms with Crippen molar-refractivity contribution in [2.45, 2.75) is 13.8 Å². The molecular formula is C19H18N4O4. The molecule has 3 aromatic rings. The van der Waals surface area contributed by atoms with Crippen LogP contribution in [0.15, 0.2) is 54.9 Å². The average molecular weight is 366 g/mol. The van der Waals surface area contributed by atoms with Crippen molar-refractivity contribution in [3.63, 3.8) is 0 Å². The minimum Gasteiger partial charge on any atom is -0.492 e. The Balaban J connectivity index is 1.78. The highest BCUT2D eigenvalue weighted by Gasteiger charge is 2.13. The van der Waals surface area contributed by atoms with E-state index in [-0.39, 0.29) is 11.6 Å². The molecule has 0 aliphatic heterocycles. The molecule has 138 valence electrons. The Morgan fingerprint density at radius 2 is 2.00 bits per heavy atom. The van der Waals surface area contributed by atoms with E-state index in [1.54, 1.807) is 24.4 Å². The highest BCUT2D eigenvalue weighted by atomic mass is 16.6. The molecule has 0 spiro atoms. The van der Waals surface area contributed by atoms with Crippen LogP contribution in [0.3, 0.4) is 0 Å². The largest absolute Gasteiger partial charge is 0.492 e. The third-order valence-corrected chi connectivity index (χ3v) is 3.86. The number of nitro benzene ring substituents is 1. The molecule has 27 heavy (non-hydrogen) atoms. The Morgan fingerprint density at radius 1 is 1.26 bits per heavy atom. The Labute approximate surface area is 155 Å². The fourth-order valence-electron chi connectivity index (χ4n) is 2.51. The number of hydrogen-bond donors (Lipinski definition) is 1. The number of carbonyl (C=O) groups is 1. The molecule has 1 aromatic heterocycles. The number of anilines is 1. The predicted molar refractivity (Wildman–Crippen MR) is 101 cm³/mol. The monoisotopic (exact) mass is 366 g/mol. The molecule has 1 N–H and O–H groups in total. The number of nitrogens with zero attached hydrogens (tertiary/aromatic N) is 3. The van der Waals surface area contributed by atoms with Crippen molar-refractivity contribution < 1.29 is 14.5 Å². The molecule has 1 amide bonds. The van der Waals surface area contributed by atoms with Crippen LogP contribution < -0.4 is 10.1 Å². The molecule has 0 saturated carbocycles. The maximum absolute atomic E-state index is 12.5. The highest BCUT2D eigenvalue weighted by Crippen LogP contribution is 2.26. The van der Waals surface area contributed by atoms with Gasteiger partial charge in [0, 0.05) is 18.3 Å². The van der Waals surface area contributed by atoms with E-state index in [0.717, 1.165) is 5.56 Å². The van der Waals surface area contributed by atoms with Crippen molar-refractivity contribution in [3.8, 4) is 11.4 Å². The first-order chi connectivity index (χ1) is 13.0. The molecule has 2 aromatic carbocycles. The number of aryl methyl sites for hydroxylation is 1. The van der Waals surface area contributed by atoms with Gasteiger partial charge in [-0.1, -0.05) is 6.07 Å². The van der Waals surface area contributed by atoms with E-state index in [1.807, 2.05) is 26.0 Å². The average Bonchev–Trinajstić information content (AvgIpc) is 3.14. The van der Waals surface area contributed by atoms with Crippen LogP contribution in [0.25, 0.3) is 5.69 Å². The summed E-state index contributed by atoms with van der Waals surface area (Å²) in [6.45, 7) is 4.31. The molecule has 0 aliphatic carbocycles. The first-order valence-electron chi connectivity index (χ1n) is 8.32. The molecule has 0 radical (unpaired) electrons. The summed E-state index contributed by atoms with van der Waals surface area (Å²) >= 11 is 0. The zero-order chi connectivity index (χ0) is 19.4. The van der Waals surface area contributed by atoms with Crippen molar-refractivity contribution >= 4 is 17.3 Å². The molecule has 0 saturated heterocycles. The van der Waals surface area contributed by atoms with Gasteiger partial charge in [0.15, 0.2) is 0 Å². The summed E-state index contributed by atoms with van der Waals surface area (Å²) in [4.78, 5) is 22.8. The molecule has 8 heteroatoms. The Bertz CT molecular complexity index is 980. The molecule has 0 fully saturated rings. The van der Waals surface area contributed by atoms with Crippen LogP contribution in [0.2, 0.25) is 0 Å². The summed E-state index contributed by atoms with van der Waals surface area (Å²) in [6.07, 6.45) is 3.00. The van der Waals surface area contributed by atoms with Crippen molar-refractivity contribution in [1.82, 2.24) is 9.78 Å². The smallest absolute Gasteiger partial charge is 0.269 e. The minimum atomic E-state index is -0.469. The first kappa shape index (κ1) is 18.1. The minimum absolute atomic E-state index is 0.00769. The van der Waals surface area contributed by atoms with Gasteiger partial charge in [-0.15, -0.1) is 0 Å². The van der Waals surface area contributed by atoms with Crippen LogP contribution in [-0.2, 0) is 0 Å². The molecule has 8 nitrogen and oxygen atoms in total. The molecule has 3 rings (SSSR count). The standard InChI is InChI=1S/C19H18N4O4/c1-3-27-18-10-13(2)4-9-17(18)21-19(24)14-11-20-22(12-14)15-5-7-16(8-6-15)23(25)26/h4-12H,3H2,1-2H3,(H,21,24). The zero-order valence-corrected chi connectivity index (χ0v) is 14.9. The number of amides is 1. The quantitative estimate of drug-likeness (QED) is 0.529. The van der Waals surface area contributed by atoms with Crippen LogP contribution in [0.4, 0.5) is 11.4 Å². The predicted octanol–water partition coefficient (Wildman–Crippen LogP) is 3.74. The van der Waals surface area contributed by atoms with Crippen molar-refractivity contribution in [3.05, 3.63) is 76.1 Å². The van der Waals surface area contributed by atoms with Gasteiger partial charge in [-0.3, -0.25) is 14.9 Å². The van der Waals surface area contributed by atoms with Gasteiger partial charge in [-0.25, -0.2) is 4.68 Å². The number of ether oxygens (including phenoxy) is 1. The number of rotatable bonds is 6. The summed E-state index contributed by atoms with van der Waals surface area (Å²) in [5, 5.41) is 17.7. The fraction of sp³-hybridized carbons (Fsp3) is 0.158. The van der Waals surface area contributed by atoms with E-state index in [4.69, 9.17) is 4.74 Å². The maximum Gasteiger partial charge on any atom is 0.269 e. The number of aromatic nitrogens is 2. The molecule has 0 aliphatic rings. The van der Waals surface area contributed by atoms with Gasteiger partial charge in [0.05, 0.1) is 34.7 Å². The van der Waals surface area contributed by atoms with Gasteiger partial charge in [0.25, 0.3) is 11.6 Å². The van der Waals surface area contributed by atoms with Crippen LogP contribution in [0, 0.1) is 17.0 Å². The second kappa shape index (κ2) is 7.69. The van der Waals surface area contributed by atoms with Crippen LogP contribution in [0.1, 0.15) is 22.8 Å². The third kappa shape index (κ3) is 4.12. The molecule has 0 unspecified atom stereocenters. The molecule has 1 heterocycles. The summed E-state index contributed by atoms with van der Waals surface area (Å²) in [7, 11) is 0. The Kier molecular flexibility index (Phi) is 5.16. The van der Waals surface area contributed by atoms with Crippen LogP contribution in [-0.4, -0.2) is 27.2 Å². The summed E-state index contributed by atoms with van der Waals surface area (Å²) in [5.74, 6) is 0.279. The van der Waals surface area contributed by atoms with E-state index < -0.39 is 4.92 Å². The normalized spacial score (nSPS) is 10.4. The maximum atomic E-state index is 12.5. The fourth-order valence-corrected chi connectivity index (χ4v) is 2.51. The second-order valence-corrected chi connectivity index (χ2v) is 5.83. The number of carbonyl (C=O) groups excluding carboxylic acids is 1. The number of hydrogen-bond acceptors (Lipinski definition) is 5. The lowest BCUT2D eigenvalue weighted by Gasteiger charge is -2.11. The summed E-state index contributed by atoms with van der Waals surface area (Å²) in [5.41, 5.74) is 2.58. The van der Waals surface area contributed by atoms with E-state index in [9.17, 15) is 14.9 Å².